The predicted molar refractivity (Wildman–Crippen MR) is 54.1 cm³/mol. The van der Waals surface area contributed by atoms with E-state index in [-0.39, 0.29) is 11.5 Å². The Morgan fingerprint density at radius 1 is 1.12 bits per heavy atom. The van der Waals surface area contributed by atoms with Gasteiger partial charge in [0.05, 0.1) is 5.56 Å². The Labute approximate surface area is 96.1 Å². The van der Waals surface area contributed by atoms with E-state index >= 15 is 0 Å². The van der Waals surface area contributed by atoms with Crippen LogP contribution in [0, 0.1) is 5.92 Å². The molecule has 0 bridgehead atoms. The van der Waals surface area contributed by atoms with Gasteiger partial charge in [-0.05, 0) is 36.5 Å². The summed E-state index contributed by atoms with van der Waals surface area (Å²) in [5, 5.41) is 10.1. The molecule has 1 saturated carbocycles. The van der Waals surface area contributed by atoms with Crippen molar-refractivity contribution >= 4 is 6.29 Å². The summed E-state index contributed by atoms with van der Waals surface area (Å²) in [4.78, 5) is 10.9. The Morgan fingerprint density at radius 3 is 1.94 bits per heavy atom. The molecular formula is C12H11F3O2. The summed E-state index contributed by atoms with van der Waals surface area (Å²) in [5.74, 6) is -0.170. The molecule has 2 rings (SSSR count). The van der Waals surface area contributed by atoms with E-state index in [4.69, 9.17) is 0 Å². The number of hydrogen-bond donors (Lipinski definition) is 1. The molecule has 2 nitrogen and oxygen atoms in total. The molecule has 1 atom stereocenters. The fourth-order valence-corrected chi connectivity index (χ4v) is 1.85. The topological polar surface area (TPSA) is 37.3 Å². The Bertz CT molecular complexity index is 420. The van der Waals surface area contributed by atoms with Crippen molar-refractivity contribution in [1.29, 1.82) is 0 Å². The van der Waals surface area contributed by atoms with Crippen molar-refractivity contribution < 1.29 is 23.1 Å². The number of aliphatic hydroxyl groups is 1. The minimum Gasteiger partial charge on any atom is -0.377 e. The van der Waals surface area contributed by atoms with Crippen molar-refractivity contribution in [2.75, 3.05) is 0 Å². The first-order valence-corrected chi connectivity index (χ1v) is 5.24. The molecule has 1 N–H and O–H groups in total. The van der Waals surface area contributed by atoms with Crippen molar-refractivity contribution in [3.05, 3.63) is 35.4 Å². The summed E-state index contributed by atoms with van der Waals surface area (Å²) < 4.78 is 37.0. The first-order valence-electron chi connectivity index (χ1n) is 5.24. The lowest BCUT2D eigenvalue weighted by Gasteiger charge is -2.22. The molecule has 0 amide bonds. The summed E-state index contributed by atoms with van der Waals surface area (Å²) in [5.41, 5.74) is -2.20. The highest BCUT2D eigenvalue weighted by Crippen LogP contribution is 2.44. The average Bonchev–Trinajstić information content (AvgIpc) is 3.11. The Kier molecular flexibility index (Phi) is 2.73. The molecule has 1 fully saturated rings. The van der Waals surface area contributed by atoms with Crippen LogP contribution in [0.2, 0.25) is 0 Å². The summed E-state index contributed by atoms with van der Waals surface area (Å²) in [6.45, 7) is 0. The smallest absolute Gasteiger partial charge is 0.377 e. The second-order valence-electron chi connectivity index (χ2n) is 4.29. The highest BCUT2D eigenvalue weighted by molar-refractivity contribution is 5.67. The first kappa shape index (κ1) is 12.1. The molecule has 5 heteroatoms. The average molecular weight is 244 g/mol. The Hall–Kier alpha value is -1.36. The van der Waals surface area contributed by atoms with Crippen LogP contribution in [-0.4, -0.2) is 11.4 Å². The molecule has 0 aliphatic heterocycles. The molecule has 0 spiro atoms. The van der Waals surface area contributed by atoms with Gasteiger partial charge in [0.1, 0.15) is 5.60 Å². The van der Waals surface area contributed by atoms with Crippen molar-refractivity contribution in [3.8, 4) is 0 Å². The van der Waals surface area contributed by atoms with Gasteiger partial charge in [-0.1, -0.05) is 12.1 Å². The zero-order valence-corrected chi connectivity index (χ0v) is 8.87. The molecule has 1 aliphatic carbocycles. The van der Waals surface area contributed by atoms with Gasteiger partial charge in [-0.2, -0.15) is 13.2 Å². The van der Waals surface area contributed by atoms with E-state index in [0.29, 0.717) is 6.29 Å². The predicted octanol–water partition coefficient (Wildman–Crippen LogP) is 2.50. The van der Waals surface area contributed by atoms with E-state index in [1.165, 1.54) is 0 Å². The second-order valence-corrected chi connectivity index (χ2v) is 4.29. The van der Waals surface area contributed by atoms with Crippen LogP contribution in [-0.2, 0) is 16.6 Å². The number of alkyl halides is 3. The number of carbonyl (C=O) groups excluding carboxylic acids is 1. The lowest BCUT2D eigenvalue weighted by molar-refractivity contribution is -0.137. The molecule has 17 heavy (non-hydrogen) atoms. The molecular weight excluding hydrogens is 233 g/mol. The molecule has 1 unspecified atom stereocenters. The van der Waals surface area contributed by atoms with Gasteiger partial charge in [0.15, 0.2) is 6.29 Å². The van der Waals surface area contributed by atoms with E-state index in [0.717, 1.165) is 37.1 Å². The summed E-state index contributed by atoms with van der Waals surface area (Å²) in [6.07, 6.45) is -2.56. The van der Waals surface area contributed by atoms with E-state index < -0.39 is 17.3 Å². The molecule has 1 aromatic carbocycles. The van der Waals surface area contributed by atoms with E-state index in [1.807, 2.05) is 0 Å². The lowest BCUT2D eigenvalue weighted by atomic mass is 9.90. The number of hydrogen-bond acceptors (Lipinski definition) is 2. The maximum absolute atomic E-state index is 12.3. The van der Waals surface area contributed by atoms with E-state index in [2.05, 4.69) is 0 Å². The van der Waals surface area contributed by atoms with Gasteiger partial charge >= 0.3 is 6.18 Å². The number of carbonyl (C=O) groups is 1. The minimum atomic E-state index is -4.41. The SMILES string of the molecule is O=CC(O)(c1ccc(C(F)(F)F)cc1)C1CC1. The first-order chi connectivity index (χ1) is 7.88. The third-order valence-corrected chi connectivity index (χ3v) is 3.05. The van der Waals surface area contributed by atoms with E-state index in [1.54, 1.807) is 0 Å². The maximum Gasteiger partial charge on any atom is 0.416 e. The van der Waals surface area contributed by atoms with Gasteiger partial charge in [0, 0.05) is 0 Å². The fraction of sp³-hybridized carbons (Fsp3) is 0.417. The monoisotopic (exact) mass is 244 g/mol. The maximum atomic E-state index is 12.3. The highest BCUT2D eigenvalue weighted by Gasteiger charge is 2.45. The standard InChI is InChI=1S/C12H11F3O2/c13-12(14,15)10-5-3-9(4-6-10)11(17,7-16)8-1-2-8/h3-8,17H,1-2H2. The van der Waals surface area contributed by atoms with Crippen LogP contribution in [0.5, 0.6) is 0 Å². The van der Waals surface area contributed by atoms with Crippen LogP contribution in [0.15, 0.2) is 24.3 Å². The Morgan fingerprint density at radius 2 is 1.59 bits per heavy atom. The third-order valence-electron chi connectivity index (χ3n) is 3.05. The van der Waals surface area contributed by atoms with Crippen LogP contribution >= 0.6 is 0 Å². The largest absolute Gasteiger partial charge is 0.416 e. The zero-order chi connectivity index (χ0) is 12.7. The summed E-state index contributed by atoms with van der Waals surface area (Å²) in [6, 6.07) is 4.09. The van der Waals surface area contributed by atoms with Gasteiger partial charge in [0.2, 0.25) is 0 Å². The van der Waals surface area contributed by atoms with E-state index in [9.17, 15) is 23.1 Å². The molecule has 0 heterocycles. The van der Waals surface area contributed by atoms with Crippen LogP contribution in [0.1, 0.15) is 24.0 Å². The summed E-state index contributed by atoms with van der Waals surface area (Å²) in [7, 11) is 0. The van der Waals surface area contributed by atoms with Crippen molar-refractivity contribution in [3.63, 3.8) is 0 Å². The molecule has 1 aromatic rings. The molecule has 92 valence electrons. The Balaban J connectivity index is 2.31. The van der Waals surface area contributed by atoms with Crippen LogP contribution in [0.3, 0.4) is 0 Å². The van der Waals surface area contributed by atoms with Gasteiger partial charge in [-0.25, -0.2) is 0 Å². The molecule has 0 aromatic heterocycles. The lowest BCUT2D eigenvalue weighted by Crippen LogP contribution is -2.30. The van der Waals surface area contributed by atoms with Gasteiger partial charge in [-0.15, -0.1) is 0 Å². The summed E-state index contributed by atoms with van der Waals surface area (Å²) >= 11 is 0. The zero-order valence-electron chi connectivity index (χ0n) is 8.87. The van der Waals surface area contributed by atoms with Crippen LogP contribution in [0.4, 0.5) is 13.2 Å². The molecule has 0 saturated heterocycles. The van der Waals surface area contributed by atoms with Gasteiger partial charge in [0.25, 0.3) is 0 Å². The van der Waals surface area contributed by atoms with Crippen molar-refractivity contribution in [2.24, 2.45) is 5.92 Å². The van der Waals surface area contributed by atoms with Crippen LogP contribution < -0.4 is 0 Å². The number of benzene rings is 1. The number of aldehydes is 1. The van der Waals surface area contributed by atoms with Gasteiger partial charge < -0.3 is 5.11 Å². The minimum absolute atomic E-state index is 0.170. The number of rotatable bonds is 3. The van der Waals surface area contributed by atoms with Gasteiger partial charge in [-0.3, -0.25) is 4.79 Å². The molecule has 0 radical (unpaired) electrons. The quantitative estimate of drug-likeness (QED) is 0.829. The van der Waals surface area contributed by atoms with Crippen LogP contribution in [0.25, 0.3) is 0 Å². The number of halogens is 3. The normalized spacial score (nSPS) is 19.8. The van der Waals surface area contributed by atoms with Crippen molar-refractivity contribution in [2.45, 2.75) is 24.6 Å². The van der Waals surface area contributed by atoms with Crippen molar-refractivity contribution in [1.82, 2.24) is 0 Å². The second kappa shape index (κ2) is 3.84. The third kappa shape index (κ3) is 2.20. The molecule has 1 aliphatic rings. The highest BCUT2D eigenvalue weighted by atomic mass is 19.4. The fourth-order valence-electron chi connectivity index (χ4n) is 1.85.